The van der Waals surface area contributed by atoms with Gasteiger partial charge in [0.25, 0.3) is 0 Å². The van der Waals surface area contributed by atoms with Gasteiger partial charge < -0.3 is 25.8 Å². The maximum Gasteiger partial charge on any atom is 0.307 e. The molecule has 0 saturated heterocycles. The minimum atomic E-state index is -1.03. The van der Waals surface area contributed by atoms with Crippen molar-refractivity contribution >= 4 is 29.5 Å². The van der Waals surface area contributed by atoms with Gasteiger partial charge in [-0.3, -0.25) is 24.0 Å². The molecule has 4 N–H and O–H groups in total. The maximum absolute atomic E-state index is 12.3. The zero-order valence-electron chi connectivity index (χ0n) is 18.3. The number of nitrogens with zero attached hydrogens (tertiary/aromatic N) is 1. The van der Waals surface area contributed by atoms with Crippen LogP contribution < -0.4 is 11.1 Å². The molecule has 10 nitrogen and oxygen atoms in total. The van der Waals surface area contributed by atoms with E-state index in [0.29, 0.717) is 0 Å². The van der Waals surface area contributed by atoms with Crippen LogP contribution in [0.4, 0.5) is 0 Å². The molecule has 30 heavy (non-hydrogen) atoms. The highest BCUT2D eigenvalue weighted by atomic mass is 16.5. The third kappa shape index (κ3) is 12.2. The lowest BCUT2D eigenvalue weighted by Crippen LogP contribution is -2.45. The van der Waals surface area contributed by atoms with E-state index in [2.05, 4.69) is 5.32 Å². The third-order valence-electron chi connectivity index (χ3n) is 4.33. The molecule has 172 valence electrons. The molecule has 10 heteroatoms. The molecule has 0 aromatic heterocycles. The summed E-state index contributed by atoms with van der Waals surface area (Å²) in [4.78, 5) is 59.6. The van der Waals surface area contributed by atoms with E-state index in [1.165, 1.54) is 4.90 Å². The Morgan fingerprint density at radius 2 is 1.60 bits per heavy atom. The number of carbonyl (C=O) groups excluding carboxylic acids is 4. The highest BCUT2D eigenvalue weighted by molar-refractivity contribution is 5.82. The molecule has 0 spiro atoms. The maximum atomic E-state index is 12.3. The lowest BCUT2D eigenvalue weighted by Gasteiger charge is -2.24. The van der Waals surface area contributed by atoms with Gasteiger partial charge in [0.15, 0.2) is 0 Å². The van der Waals surface area contributed by atoms with Crippen molar-refractivity contribution in [2.75, 3.05) is 26.2 Å². The second kappa shape index (κ2) is 14.5. The average molecular weight is 430 g/mol. The second-order valence-corrected chi connectivity index (χ2v) is 7.65. The fourth-order valence-corrected chi connectivity index (χ4v) is 2.41. The molecular weight excluding hydrogens is 394 g/mol. The predicted octanol–water partition coefficient (Wildman–Crippen LogP) is 0.328. The van der Waals surface area contributed by atoms with Crippen LogP contribution in [0.25, 0.3) is 0 Å². The fraction of sp³-hybridized carbons (Fsp3) is 0.750. The van der Waals surface area contributed by atoms with Crippen LogP contribution in [0.1, 0.15) is 53.4 Å². The Hall–Kier alpha value is -2.49. The van der Waals surface area contributed by atoms with Gasteiger partial charge in [0, 0.05) is 44.3 Å². The number of aliphatic carboxylic acids is 1. The summed E-state index contributed by atoms with van der Waals surface area (Å²) in [5.41, 5.74) is 5.63. The first-order valence-electron chi connectivity index (χ1n) is 10.2. The standard InChI is InChI=1S/C20H35N3O7/c1-13(2)16(24)8-12-30-18(27)7-10-23(20(29)14(3)4)11-9-22-19(28)15(21)5-6-17(25)26/h13-15H,5-12,21H2,1-4H3,(H,22,28)(H,25,26)/t15-/m0/s1. The molecule has 0 bridgehead atoms. The summed E-state index contributed by atoms with van der Waals surface area (Å²) in [5.74, 6) is -2.62. The fourth-order valence-electron chi connectivity index (χ4n) is 2.41. The largest absolute Gasteiger partial charge is 0.481 e. The van der Waals surface area contributed by atoms with Crippen molar-refractivity contribution < 1.29 is 33.8 Å². The molecule has 0 radical (unpaired) electrons. The van der Waals surface area contributed by atoms with E-state index in [-0.39, 0.29) is 75.5 Å². The summed E-state index contributed by atoms with van der Waals surface area (Å²) in [6.45, 7) is 7.43. The molecule has 0 unspecified atom stereocenters. The minimum Gasteiger partial charge on any atom is -0.481 e. The minimum absolute atomic E-state index is 0.0108. The van der Waals surface area contributed by atoms with Crippen LogP contribution in [0.15, 0.2) is 0 Å². The van der Waals surface area contributed by atoms with Crippen LogP contribution in [-0.2, 0) is 28.7 Å². The first kappa shape index (κ1) is 27.5. The number of carbonyl (C=O) groups is 5. The quantitative estimate of drug-likeness (QED) is 0.314. The van der Waals surface area contributed by atoms with Gasteiger partial charge in [-0.05, 0) is 6.42 Å². The van der Waals surface area contributed by atoms with Crippen LogP contribution in [-0.4, -0.2) is 71.8 Å². The highest BCUT2D eigenvalue weighted by Gasteiger charge is 2.20. The molecule has 1 atom stereocenters. The van der Waals surface area contributed by atoms with E-state index in [9.17, 15) is 24.0 Å². The van der Waals surface area contributed by atoms with Gasteiger partial charge in [-0.2, -0.15) is 0 Å². The molecule has 0 heterocycles. The van der Waals surface area contributed by atoms with Crippen molar-refractivity contribution in [2.24, 2.45) is 17.6 Å². The summed E-state index contributed by atoms with van der Waals surface area (Å²) in [7, 11) is 0. The van der Waals surface area contributed by atoms with Crippen LogP contribution in [0.3, 0.4) is 0 Å². The van der Waals surface area contributed by atoms with Crippen molar-refractivity contribution in [3.63, 3.8) is 0 Å². The lowest BCUT2D eigenvalue weighted by molar-refractivity contribution is -0.146. The highest BCUT2D eigenvalue weighted by Crippen LogP contribution is 2.04. The van der Waals surface area contributed by atoms with E-state index in [0.717, 1.165) is 0 Å². The number of hydrogen-bond acceptors (Lipinski definition) is 7. The van der Waals surface area contributed by atoms with Gasteiger partial charge in [-0.1, -0.05) is 27.7 Å². The normalized spacial score (nSPS) is 11.8. The Morgan fingerprint density at radius 1 is 0.967 bits per heavy atom. The van der Waals surface area contributed by atoms with Crippen LogP contribution in [0, 0.1) is 11.8 Å². The number of ether oxygens (including phenoxy) is 1. The van der Waals surface area contributed by atoms with Crippen LogP contribution in [0.2, 0.25) is 0 Å². The monoisotopic (exact) mass is 429 g/mol. The first-order valence-corrected chi connectivity index (χ1v) is 10.2. The molecular formula is C20H35N3O7. The molecule has 0 rings (SSSR count). The molecule has 0 aliphatic carbocycles. The molecule has 0 saturated carbocycles. The Labute approximate surface area is 177 Å². The van der Waals surface area contributed by atoms with Crippen molar-refractivity contribution in [1.82, 2.24) is 10.2 Å². The van der Waals surface area contributed by atoms with Crippen molar-refractivity contribution in [3.8, 4) is 0 Å². The van der Waals surface area contributed by atoms with E-state index in [1.54, 1.807) is 27.7 Å². The van der Waals surface area contributed by atoms with Gasteiger partial charge >= 0.3 is 11.9 Å². The van der Waals surface area contributed by atoms with Crippen LogP contribution >= 0.6 is 0 Å². The zero-order chi connectivity index (χ0) is 23.3. The summed E-state index contributed by atoms with van der Waals surface area (Å²) < 4.78 is 5.04. The smallest absolute Gasteiger partial charge is 0.307 e. The van der Waals surface area contributed by atoms with Crippen molar-refractivity contribution in [3.05, 3.63) is 0 Å². The molecule has 2 amide bonds. The number of esters is 1. The topological polar surface area (TPSA) is 156 Å². The predicted molar refractivity (Wildman–Crippen MR) is 109 cm³/mol. The molecule has 0 aliphatic rings. The number of carboxylic acid groups (broad SMARTS) is 1. The molecule has 0 fully saturated rings. The Balaban J connectivity index is 4.46. The Bertz CT molecular complexity index is 605. The van der Waals surface area contributed by atoms with E-state index < -0.39 is 23.9 Å². The Morgan fingerprint density at radius 3 is 2.13 bits per heavy atom. The zero-order valence-corrected chi connectivity index (χ0v) is 18.3. The van der Waals surface area contributed by atoms with Gasteiger partial charge in [0.05, 0.1) is 19.1 Å². The summed E-state index contributed by atoms with van der Waals surface area (Å²) in [6, 6.07) is -0.945. The van der Waals surface area contributed by atoms with E-state index in [4.69, 9.17) is 15.6 Å². The van der Waals surface area contributed by atoms with Crippen molar-refractivity contribution in [1.29, 1.82) is 0 Å². The number of ketones is 1. The summed E-state index contributed by atoms with van der Waals surface area (Å²) >= 11 is 0. The summed E-state index contributed by atoms with van der Waals surface area (Å²) in [6.07, 6.45) is -0.0645. The van der Waals surface area contributed by atoms with E-state index >= 15 is 0 Å². The number of amides is 2. The number of rotatable bonds is 15. The van der Waals surface area contributed by atoms with E-state index in [1.807, 2.05) is 0 Å². The van der Waals surface area contributed by atoms with Gasteiger partial charge in [-0.15, -0.1) is 0 Å². The molecule has 0 aromatic rings. The Kier molecular flexibility index (Phi) is 13.3. The number of Topliss-reactive ketones (excluding diaryl/α,β-unsaturated/α-hetero) is 1. The van der Waals surface area contributed by atoms with Gasteiger partial charge in [-0.25, -0.2) is 0 Å². The summed E-state index contributed by atoms with van der Waals surface area (Å²) in [5, 5.41) is 11.2. The van der Waals surface area contributed by atoms with Crippen molar-refractivity contribution in [2.45, 2.75) is 59.4 Å². The van der Waals surface area contributed by atoms with Crippen LogP contribution in [0.5, 0.6) is 0 Å². The van der Waals surface area contributed by atoms with Gasteiger partial charge in [0.1, 0.15) is 5.78 Å². The second-order valence-electron chi connectivity index (χ2n) is 7.65. The third-order valence-corrected chi connectivity index (χ3v) is 4.33. The number of carboxylic acids is 1. The lowest BCUT2D eigenvalue weighted by atomic mass is 10.1. The first-order chi connectivity index (χ1) is 14.0. The number of nitrogens with two attached hydrogens (primary N) is 1. The average Bonchev–Trinajstić information content (AvgIpc) is 2.67. The number of nitrogens with one attached hydrogen (secondary N) is 1. The molecule has 0 aromatic carbocycles. The number of hydrogen-bond donors (Lipinski definition) is 3. The SMILES string of the molecule is CC(C)C(=O)CCOC(=O)CCN(CCNC(=O)[C@@H](N)CCC(=O)O)C(=O)C(C)C. The van der Waals surface area contributed by atoms with Gasteiger partial charge in [0.2, 0.25) is 11.8 Å². The molecule has 0 aliphatic heterocycles.